The summed E-state index contributed by atoms with van der Waals surface area (Å²) in [6.07, 6.45) is 2.40. The van der Waals surface area contributed by atoms with Crippen LogP contribution in [0.1, 0.15) is 17.9 Å². The summed E-state index contributed by atoms with van der Waals surface area (Å²) in [6.45, 7) is 5.24. The lowest BCUT2D eigenvalue weighted by Gasteiger charge is -2.26. The number of thioether (sulfide) groups is 1. The van der Waals surface area contributed by atoms with Gasteiger partial charge in [-0.15, -0.1) is 6.58 Å². The Hall–Kier alpha value is -1.95. The molecule has 0 saturated carbocycles. The lowest BCUT2D eigenvalue weighted by Crippen LogP contribution is -2.41. The first-order valence-corrected chi connectivity index (χ1v) is 8.92. The highest BCUT2D eigenvalue weighted by Crippen LogP contribution is 2.31. The zero-order valence-electron chi connectivity index (χ0n) is 13.5. The van der Waals surface area contributed by atoms with Crippen LogP contribution in [-0.4, -0.2) is 43.5 Å². The van der Waals surface area contributed by atoms with Gasteiger partial charge in [0.15, 0.2) is 5.96 Å². The smallest absolute Gasteiger partial charge is 0.225 e. The van der Waals surface area contributed by atoms with Crippen molar-refractivity contribution < 1.29 is 4.79 Å². The van der Waals surface area contributed by atoms with Crippen LogP contribution in [-0.2, 0) is 4.79 Å². The average molecular weight is 332 g/mol. The number of carbonyl (C=O) groups is 1. The van der Waals surface area contributed by atoms with Crippen molar-refractivity contribution in [3.63, 3.8) is 0 Å². The molecule has 1 aliphatic heterocycles. The van der Waals surface area contributed by atoms with Gasteiger partial charge in [-0.3, -0.25) is 9.79 Å². The van der Waals surface area contributed by atoms with Gasteiger partial charge >= 0.3 is 0 Å². The maximum Gasteiger partial charge on any atom is 0.225 e. The molecule has 1 heterocycles. The lowest BCUT2D eigenvalue weighted by atomic mass is 9.90. The zero-order chi connectivity index (χ0) is 16.5. The Labute approximate surface area is 142 Å². The van der Waals surface area contributed by atoms with Crippen LogP contribution in [0.5, 0.6) is 0 Å². The van der Waals surface area contributed by atoms with E-state index >= 15 is 0 Å². The van der Waals surface area contributed by atoms with Crippen molar-refractivity contribution in [1.82, 2.24) is 10.6 Å². The van der Waals surface area contributed by atoms with E-state index in [2.05, 4.69) is 33.6 Å². The number of amides is 1. The highest BCUT2D eigenvalue weighted by molar-refractivity contribution is 7.99. The van der Waals surface area contributed by atoms with Gasteiger partial charge in [-0.1, -0.05) is 24.3 Å². The maximum absolute atomic E-state index is 11.8. The number of nitrogens with one attached hydrogen (secondary N) is 3. The molecule has 5 nitrogen and oxygen atoms in total. The van der Waals surface area contributed by atoms with Crippen LogP contribution < -0.4 is 16.0 Å². The number of anilines is 1. The number of para-hydroxylation sites is 1. The molecular formula is C17H24N4OS. The highest BCUT2D eigenvalue weighted by atomic mass is 32.2. The fraction of sp³-hybridized carbons (Fsp3) is 0.412. The summed E-state index contributed by atoms with van der Waals surface area (Å²) in [7, 11) is 1.76. The second-order valence-electron chi connectivity index (χ2n) is 5.28. The van der Waals surface area contributed by atoms with Crippen molar-refractivity contribution >= 4 is 29.3 Å². The van der Waals surface area contributed by atoms with Gasteiger partial charge in [0.1, 0.15) is 0 Å². The average Bonchev–Trinajstić information content (AvgIpc) is 2.57. The van der Waals surface area contributed by atoms with Crippen LogP contribution in [0.3, 0.4) is 0 Å². The molecule has 0 aromatic heterocycles. The maximum atomic E-state index is 11.8. The van der Waals surface area contributed by atoms with Crippen molar-refractivity contribution in [3.05, 3.63) is 42.5 Å². The molecule has 1 aliphatic rings. The normalized spacial score (nSPS) is 17.2. The Bertz CT molecular complexity index is 573. The van der Waals surface area contributed by atoms with Crippen molar-refractivity contribution in [1.29, 1.82) is 0 Å². The van der Waals surface area contributed by atoms with Crippen LogP contribution in [0.2, 0.25) is 0 Å². The summed E-state index contributed by atoms with van der Waals surface area (Å²) in [4.78, 5) is 16.1. The third-order valence-corrected chi connectivity index (χ3v) is 4.58. The standard InChI is InChI=1S/C17H24N4OS/c1-3-9-23-10-8-19-17(18-2)20-12-13-11-16(22)21-15-7-5-4-6-14(13)15/h3-7,13H,1,8-12H2,2H3,(H,21,22)(H2,18,19,20). The van der Waals surface area contributed by atoms with Crippen molar-refractivity contribution in [2.45, 2.75) is 12.3 Å². The second-order valence-corrected chi connectivity index (χ2v) is 6.43. The molecule has 1 unspecified atom stereocenters. The second kappa shape index (κ2) is 9.25. The van der Waals surface area contributed by atoms with Crippen LogP contribution >= 0.6 is 11.8 Å². The summed E-state index contributed by atoms with van der Waals surface area (Å²) in [6, 6.07) is 7.97. The van der Waals surface area contributed by atoms with Gasteiger partial charge in [0.25, 0.3) is 0 Å². The highest BCUT2D eigenvalue weighted by Gasteiger charge is 2.24. The predicted molar refractivity (Wildman–Crippen MR) is 99.3 cm³/mol. The topological polar surface area (TPSA) is 65.5 Å². The summed E-state index contributed by atoms with van der Waals surface area (Å²) in [5.41, 5.74) is 2.09. The molecule has 6 heteroatoms. The van der Waals surface area contributed by atoms with E-state index in [4.69, 9.17) is 0 Å². The Balaban J connectivity index is 1.84. The Morgan fingerprint density at radius 3 is 3.09 bits per heavy atom. The number of rotatable bonds is 7. The molecule has 0 radical (unpaired) electrons. The summed E-state index contributed by atoms with van der Waals surface area (Å²) in [5.74, 6) is 2.96. The quantitative estimate of drug-likeness (QED) is 0.310. The van der Waals surface area contributed by atoms with Crippen LogP contribution in [0.25, 0.3) is 0 Å². The minimum absolute atomic E-state index is 0.0688. The van der Waals surface area contributed by atoms with E-state index in [-0.39, 0.29) is 11.8 Å². The van der Waals surface area contributed by atoms with Crippen LogP contribution in [0.4, 0.5) is 5.69 Å². The summed E-state index contributed by atoms with van der Waals surface area (Å²) >= 11 is 1.83. The first kappa shape index (κ1) is 17.4. The van der Waals surface area contributed by atoms with Gasteiger partial charge in [0.2, 0.25) is 5.91 Å². The fourth-order valence-corrected chi connectivity index (χ4v) is 3.11. The SMILES string of the molecule is C=CCSCCNC(=NC)NCC1CC(=O)Nc2ccccc21. The van der Waals surface area contributed by atoms with Crippen LogP contribution in [0, 0.1) is 0 Å². The van der Waals surface area contributed by atoms with E-state index in [0.717, 1.165) is 29.7 Å². The number of guanidine groups is 1. The molecule has 0 fully saturated rings. The van der Waals surface area contributed by atoms with Gasteiger partial charge in [-0.25, -0.2) is 0 Å². The van der Waals surface area contributed by atoms with Crippen molar-refractivity contribution in [2.75, 3.05) is 37.0 Å². The number of carbonyl (C=O) groups excluding carboxylic acids is 1. The van der Waals surface area contributed by atoms with Gasteiger partial charge in [0.05, 0.1) is 0 Å². The number of hydrogen-bond acceptors (Lipinski definition) is 3. The largest absolute Gasteiger partial charge is 0.356 e. The molecule has 1 aromatic carbocycles. The minimum Gasteiger partial charge on any atom is -0.356 e. The Morgan fingerprint density at radius 1 is 1.48 bits per heavy atom. The van der Waals surface area contributed by atoms with Crippen molar-refractivity contribution in [2.24, 2.45) is 4.99 Å². The lowest BCUT2D eigenvalue weighted by molar-refractivity contribution is -0.116. The van der Waals surface area contributed by atoms with E-state index in [1.54, 1.807) is 7.05 Å². The Morgan fingerprint density at radius 2 is 2.30 bits per heavy atom. The van der Waals surface area contributed by atoms with E-state index < -0.39 is 0 Å². The number of benzene rings is 1. The first-order valence-electron chi connectivity index (χ1n) is 7.76. The predicted octanol–water partition coefficient (Wildman–Crippen LogP) is 2.20. The third kappa shape index (κ3) is 5.32. The van der Waals surface area contributed by atoms with Gasteiger partial charge in [-0.2, -0.15) is 11.8 Å². The van der Waals surface area contributed by atoms with E-state index in [9.17, 15) is 4.79 Å². The first-order chi connectivity index (χ1) is 11.2. The van der Waals surface area contributed by atoms with Gasteiger partial charge < -0.3 is 16.0 Å². The molecule has 2 rings (SSSR count). The third-order valence-electron chi connectivity index (χ3n) is 3.62. The molecular weight excluding hydrogens is 308 g/mol. The molecule has 1 atom stereocenters. The molecule has 0 bridgehead atoms. The molecule has 1 amide bonds. The number of nitrogens with zero attached hydrogens (tertiary/aromatic N) is 1. The fourth-order valence-electron chi connectivity index (χ4n) is 2.53. The van der Waals surface area contributed by atoms with Gasteiger partial charge in [0, 0.05) is 49.7 Å². The van der Waals surface area contributed by atoms with Gasteiger partial charge in [-0.05, 0) is 11.6 Å². The minimum atomic E-state index is 0.0688. The van der Waals surface area contributed by atoms with E-state index in [1.807, 2.05) is 36.0 Å². The monoisotopic (exact) mass is 332 g/mol. The van der Waals surface area contributed by atoms with Crippen molar-refractivity contribution in [3.8, 4) is 0 Å². The summed E-state index contributed by atoms with van der Waals surface area (Å²) in [5, 5.41) is 9.53. The number of aliphatic imine (C=N–C) groups is 1. The molecule has 3 N–H and O–H groups in total. The molecule has 124 valence electrons. The Kier molecular flexibility index (Phi) is 7.00. The van der Waals surface area contributed by atoms with E-state index in [1.165, 1.54) is 5.56 Å². The molecule has 1 aromatic rings. The molecule has 0 spiro atoms. The number of fused-ring (bicyclic) bond motifs is 1. The van der Waals surface area contributed by atoms with E-state index in [0.29, 0.717) is 13.0 Å². The molecule has 23 heavy (non-hydrogen) atoms. The zero-order valence-corrected chi connectivity index (χ0v) is 14.3. The number of hydrogen-bond donors (Lipinski definition) is 3. The van der Waals surface area contributed by atoms with Crippen LogP contribution in [0.15, 0.2) is 41.9 Å². The summed E-state index contributed by atoms with van der Waals surface area (Å²) < 4.78 is 0. The molecule has 0 aliphatic carbocycles. The molecule has 0 saturated heterocycles.